The number of hydrogen-bond acceptors (Lipinski definition) is 3. The van der Waals surface area contributed by atoms with Crippen LogP contribution in [0.3, 0.4) is 0 Å². The van der Waals surface area contributed by atoms with Gasteiger partial charge in [0.15, 0.2) is 0 Å². The zero-order valence-corrected chi connectivity index (χ0v) is 10.8. The molecule has 0 saturated carbocycles. The fourth-order valence-electron chi connectivity index (χ4n) is 2.47. The fraction of sp³-hybridized carbons (Fsp3) is 0.286. The minimum atomic E-state index is -0.0468. The van der Waals surface area contributed by atoms with Crippen LogP contribution in [0.2, 0.25) is 0 Å². The van der Waals surface area contributed by atoms with Crippen LogP contribution in [0, 0.1) is 0 Å². The highest BCUT2D eigenvalue weighted by molar-refractivity contribution is 5.95. The molecule has 0 unspecified atom stereocenters. The molecule has 5 heteroatoms. The molecule has 0 bridgehead atoms. The summed E-state index contributed by atoms with van der Waals surface area (Å²) in [5.41, 5.74) is 4.15. The Morgan fingerprint density at radius 1 is 1.53 bits per heavy atom. The van der Waals surface area contributed by atoms with Crippen molar-refractivity contribution >= 4 is 11.6 Å². The number of rotatable bonds is 3. The van der Waals surface area contributed by atoms with Crippen LogP contribution in [0.5, 0.6) is 0 Å². The van der Waals surface area contributed by atoms with Gasteiger partial charge in [0, 0.05) is 31.0 Å². The van der Waals surface area contributed by atoms with Gasteiger partial charge in [-0.05, 0) is 24.1 Å². The number of aromatic amines is 1. The zero-order chi connectivity index (χ0) is 13.2. The quantitative estimate of drug-likeness (QED) is 0.871. The first-order valence-corrected chi connectivity index (χ1v) is 6.35. The smallest absolute Gasteiger partial charge is 0.251 e. The first-order valence-electron chi connectivity index (χ1n) is 6.35. The van der Waals surface area contributed by atoms with E-state index in [0.717, 1.165) is 30.9 Å². The topological polar surface area (TPSA) is 61.0 Å². The van der Waals surface area contributed by atoms with E-state index in [1.54, 1.807) is 13.4 Å². The fourth-order valence-corrected chi connectivity index (χ4v) is 2.47. The summed E-state index contributed by atoms with van der Waals surface area (Å²) in [6, 6.07) is 5.90. The van der Waals surface area contributed by atoms with Crippen LogP contribution in [0.1, 0.15) is 21.6 Å². The van der Waals surface area contributed by atoms with Gasteiger partial charge in [-0.1, -0.05) is 6.07 Å². The normalized spacial score (nSPS) is 13.4. The van der Waals surface area contributed by atoms with Crippen molar-refractivity contribution in [2.24, 2.45) is 0 Å². The largest absolute Gasteiger partial charge is 0.365 e. The van der Waals surface area contributed by atoms with Gasteiger partial charge in [-0.3, -0.25) is 4.79 Å². The summed E-state index contributed by atoms with van der Waals surface area (Å²) in [4.78, 5) is 21.2. The molecule has 5 nitrogen and oxygen atoms in total. The summed E-state index contributed by atoms with van der Waals surface area (Å²) in [5, 5.41) is 2.66. The van der Waals surface area contributed by atoms with E-state index in [2.05, 4.69) is 20.2 Å². The molecule has 0 saturated heterocycles. The lowest BCUT2D eigenvalue weighted by Crippen LogP contribution is -2.21. The number of imidazole rings is 1. The number of carbonyl (C=O) groups is 1. The molecule has 2 N–H and O–H groups in total. The maximum Gasteiger partial charge on any atom is 0.251 e. The number of aromatic nitrogens is 2. The van der Waals surface area contributed by atoms with E-state index in [1.165, 1.54) is 5.56 Å². The molecule has 0 spiro atoms. The van der Waals surface area contributed by atoms with E-state index in [0.29, 0.717) is 5.56 Å². The maximum atomic E-state index is 11.7. The third-order valence-corrected chi connectivity index (χ3v) is 3.47. The molecule has 19 heavy (non-hydrogen) atoms. The van der Waals surface area contributed by atoms with E-state index in [1.807, 2.05) is 24.4 Å². The number of nitrogens with one attached hydrogen (secondary N) is 2. The Labute approximate surface area is 111 Å². The maximum absolute atomic E-state index is 11.7. The second-order valence-electron chi connectivity index (χ2n) is 4.65. The summed E-state index contributed by atoms with van der Waals surface area (Å²) >= 11 is 0. The van der Waals surface area contributed by atoms with Crippen LogP contribution in [-0.2, 0) is 13.0 Å². The van der Waals surface area contributed by atoms with Crippen LogP contribution in [-0.4, -0.2) is 29.5 Å². The van der Waals surface area contributed by atoms with Gasteiger partial charge in [-0.2, -0.15) is 0 Å². The Kier molecular flexibility index (Phi) is 2.95. The Balaban J connectivity index is 1.88. The summed E-state index contributed by atoms with van der Waals surface area (Å²) in [6.45, 7) is 1.74. The SMILES string of the molecule is CNC(=O)c1ccc2c(c1)N(Cc1c[nH]cn1)CC2. The molecule has 0 radical (unpaired) electrons. The lowest BCUT2D eigenvalue weighted by Gasteiger charge is -2.18. The lowest BCUT2D eigenvalue weighted by molar-refractivity contribution is 0.0963. The van der Waals surface area contributed by atoms with Crippen molar-refractivity contribution in [1.82, 2.24) is 15.3 Å². The predicted molar refractivity (Wildman–Crippen MR) is 73.2 cm³/mol. The molecule has 98 valence electrons. The first kappa shape index (κ1) is 11.8. The third kappa shape index (κ3) is 2.19. The molecule has 0 aliphatic carbocycles. The average molecular weight is 256 g/mol. The van der Waals surface area contributed by atoms with Gasteiger partial charge in [0.2, 0.25) is 0 Å². The third-order valence-electron chi connectivity index (χ3n) is 3.47. The molecule has 0 atom stereocenters. The second-order valence-corrected chi connectivity index (χ2v) is 4.65. The van der Waals surface area contributed by atoms with Gasteiger partial charge in [0.05, 0.1) is 18.6 Å². The van der Waals surface area contributed by atoms with Crippen LogP contribution < -0.4 is 10.2 Å². The monoisotopic (exact) mass is 256 g/mol. The van der Waals surface area contributed by atoms with Gasteiger partial charge >= 0.3 is 0 Å². The summed E-state index contributed by atoms with van der Waals surface area (Å²) in [5.74, 6) is -0.0468. The molecular formula is C14H16N4O. The van der Waals surface area contributed by atoms with Crippen molar-refractivity contribution in [3.05, 3.63) is 47.5 Å². The number of anilines is 1. The number of benzene rings is 1. The molecule has 2 heterocycles. The molecule has 2 aromatic rings. The zero-order valence-electron chi connectivity index (χ0n) is 10.8. The Morgan fingerprint density at radius 3 is 3.16 bits per heavy atom. The number of amides is 1. The van der Waals surface area contributed by atoms with Crippen molar-refractivity contribution in [3.8, 4) is 0 Å². The van der Waals surface area contributed by atoms with Crippen molar-refractivity contribution in [3.63, 3.8) is 0 Å². The highest BCUT2D eigenvalue weighted by Gasteiger charge is 2.21. The number of carbonyl (C=O) groups excluding carboxylic acids is 1. The van der Waals surface area contributed by atoms with E-state index in [4.69, 9.17) is 0 Å². The highest BCUT2D eigenvalue weighted by atomic mass is 16.1. The number of hydrogen-bond donors (Lipinski definition) is 2. The van der Waals surface area contributed by atoms with Crippen LogP contribution in [0.25, 0.3) is 0 Å². The molecule has 1 aliphatic rings. The predicted octanol–water partition coefficient (Wildman–Crippen LogP) is 1.33. The van der Waals surface area contributed by atoms with Crippen molar-refractivity contribution in [1.29, 1.82) is 0 Å². The van der Waals surface area contributed by atoms with E-state index < -0.39 is 0 Å². The van der Waals surface area contributed by atoms with E-state index in [9.17, 15) is 4.79 Å². The molecule has 1 aromatic heterocycles. The summed E-state index contributed by atoms with van der Waals surface area (Å²) in [6.07, 6.45) is 4.61. The molecule has 1 aromatic carbocycles. The molecule has 1 aliphatic heterocycles. The average Bonchev–Trinajstić information content (AvgIpc) is 3.08. The first-order chi connectivity index (χ1) is 9.28. The Hall–Kier alpha value is -2.30. The Bertz CT molecular complexity index is 591. The van der Waals surface area contributed by atoms with Crippen molar-refractivity contribution < 1.29 is 4.79 Å². The lowest BCUT2D eigenvalue weighted by atomic mass is 10.1. The molecule has 0 fully saturated rings. The summed E-state index contributed by atoms with van der Waals surface area (Å²) in [7, 11) is 1.65. The van der Waals surface area contributed by atoms with E-state index in [-0.39, 0.29) is 5.91 Å². The van der Waals surface area contributed by atoms with Gasteiger partial charge in [0.1, 0.15) is 0 Å². The van der Waals surface area contributed by atoms with Gasteiger partial charge in [-0.25, -0.2) is 4.98 Å². The number of fused-ring (bicyclic) bond motifs is 1. The van der Waals surface area contributed by atoms with Crippen LogP contribution in [0.4, 0.5) is 5.69 Å². The number of H-pyrrole nitrogens is 1. The van der Waals surface area contributed by atoms with Crippen molar-refractivity contribution in [2.75, 3.05) is 18.5 Å². The Morgan fingerprint density at radius 2 is 2.42 bits per heavy atom. The van der Waals surface area contributed by atoms with Crippen LogP contribution >= 0.6 is 0 Å². The van der Waals surface area contributed by atoms with Crippen molar-refractivity contribution in [2.45, 2.75) is 13.0 Å². The van der Waals surface area contributed by atoms with Gasteiger partial charge in [-0.15, -0.1) is 0 Å². The summed E-state index contributed by atoms with van der Waals surface area (Å²) < 4.78 is 0. The van der Waals surface area contributed by atoms with Gasteiger partial charge < -0.3 is 15.2 Å². The van der Waals surface area contributed by atoms with Crippen LogP contribution in [0.15, 0.2) is 30.7 Å². The minimum absolute atomic E-state index is 0.0468. The highest BCUT2D eigenvalue weighted by Crippen LogP contribution is 2.30. The standard InChI is InChI=1S/C14H16N4O/c1-15-14(19)11-3-2-10-4-5-18(13(10)6-11)8-12-7-16-9-17-12/h2-3,6-7,9H,4-5,8H2,1H3,(H,15,19)(H,16,17). The van der Waals surface area contributed by atoms with E-state index >= 15 is 0 Å². The second kappa shape index (κ2) is 4.76. The minimum Gasteiger partial charge on any atom is -0.365 e. The number of nitrogens with zero attached hydrogens (tertiary/aromatic N) is 2. The molecule has 1 amide bonds. The van der Waals surface area contributed by atoms with Gasteiger partial charge in [0.25, 0.3) is 5.91 Å². The molecular weight excluding hydrogens is 240 g/mol. The molecule has 3 rings (SSSR count).